The number of rotatable bonds is 5. The van der Waals surface area contributed by atoms with E-state index in [-0.39, 0.29) is 12.1 Å². The molecule has 1 N–H and O–H groups in total. The van der Waals surface area contributed by atoms with Gasteiger partial charge < -0.3 is 10.0 Å². The van der Waals surface area contributed by atoms with Gasteiger partial charge in [0.25, 0.3) is 5.56 Å². The van der Waals surface area contributed by atoms with Crippen LogP contribution in [0.2, 0.25) is 0 Å². The largest absolute Gasteiger partial charge is 0.390 e. The highest BCUT2D eigenvalue weighted by atomic mass is 16.3. The fourth-order valence-corrected chi connectivity index (χ4v) is 2.40. The maximum absolute atomic E-state index is 12.2. The van der Waals surface area contributed by atoms with Gasteiger partial charge in [-0.15, -0.1) is 0 Å². The van der Waals surface area contributed by atoms with Crippen molar-refractivity contribution in [2.24, 2.45) is 0 Å². The molecule has 0 aromatic carbocycles. The number of hydrogen-bond acceptors (Lipinski definition) is 5. The summed E-state index contributed by atoms with van der Waals surface area (Å²) in [5.41, 5.74) is 0.722. The molecule has 6 nitrogen and oxygen atoms in total. The van der Waals surface area contributed by atoms with Gasteiger partial charge in [-0.3, -0.25) is 9.36 Å². The Bertz CT molecular complexity index is 666. The van der Waals surface area contributed by atoms with Crippen molar-refractivity contribution >= 4 is 11.0 Å². The van der Waals surface area contributed by atoms with E-state index in [0.29, 0.717) is 23.6 Å². The first-order valence-electron chi connectivity index (χ1n) is 6.83. The van der Waals surface area contributed by atoms with Gasteiger partial charge in [0.15, 0.2) is 5.52 Å². The van der Waals surface area contributed by atoms with Crippen LogP contribution in [0.15, 0.2) is 29.5 Å². The first-order valence-corrected chi connectivity index (χ1v) is 6.83. The van der Waals surface area contributed by atoms with E-state index < -0.39 is 6.10 Å². The van der Waals surface area contributed by atoms with Gasteiger partial charge in [0.05, 0.1) is 24.5 Å². The second-order valence-electron chi connectivity index (χ2n) is 5.40. The molecule has 1 aliphatic rings. The van der Waals surface area contributed by atoms with Crippen molar-refractivity contribution in [2.45, 2.75) is 31.5 Å². The molecule has 1 unspecified atom stereocenters. The Labute approximate surface area is 116 Å². The molecule has 20 heavy (non-hydrogen) atoms. The molecule has 0 aliphatic heterocycles. The summed E-state index contributed by atoms with van der Waals surface area (Å²) in [5, 5.41) is 10.1. The van der Waals surface area contributed by atoms with Gasteiger partial charge in [-0.05, 0) is 32.0 Å². The number of pyridine rings is 1. The summed E-state index contributed by atoms with van der Waals surface area (Å²) in [6.07, 6.45) is 4.87. The molecule has 106 valence electrons. The van der Waals surface area contributed by atoms with E-state index in [9.17, 15) is 9.90 Å². The van der Waals surface area contributed by atoms with Crippen molar-refractivity contribution in [2.75, 3.05) is 13.6 Å². The van der Waals surface area contributed by atoms with E-state index in [2.05, 4.69) is 14.9 Å². The zero-order valence-electron chi connectivity index (χ0n) is 11.4. The SMILES string of the molecule is CN(CC(O)Cn1cnc2cccnc2c1=O)C1CC1. The third-order valence-electron chi connectivity index (χ3n) is 3.66. The first-order chi connectivity index (χ1) is 9.65. The minimum Gasteiger partial charge on any atom is -0.390 e. The molecule has 1 aliphatic carbocycles. The Hall–Kier alpha value is -1.79. The third-order valence-corrected chi connectivity index (χ3v) is 3.66. The van der Waals surface area contributed by atoms with E-state index in [1.165, 1.54) is 23.7 Å². The fourth-order valence-electron chi connectivity index (χ4n) is 2.40. The summed E-state index contributed by atoms with van der Waals surface area (Å²) >= 11 is 0. The number of aliphatic hydroxyl groups is 1. The summed E-state index contributed by atoms with van der Waals surface area (Å²) in [5.74, 6) is 0. The molecule has 0 radical (unpaired) electrons. The van der Waals surface area contributed by atoms with Crippen LogP contribution in [-0.4, -0.2) is 50.3 Å². The normalized spacial score (nSPS) is 16.8. The Morgan fingerprint density at radius 2 is 2.30 bits per heavy atom. The lowest BCUT2D eigenvalue weighted by molar-refractivity contribution is 0.106. The van der Waals surface area contributed by atoms with Crippen molar-refractivity contribution in [1.82, 2.24) is 19.4 Å². The maximum atomic E-state index is 12.2. The molecule has 6 heteroatoms. The van der Waals surface area contributed by atoms with Gasteiger partial charge in [0.1, 0.15) is 0 Å². The number of aliphatic hydroxyl groups excluding tert-OH is 1. The lowest BCUT2D eigenvalue weighted by atomic mass is 10.3. The van der Waals surface area contributed by atoms with Gasteiger partial charge >= 0.3 is 0 Å². The number of hydrogen-bond donors (Lipinski definition) is 1. The number of likely N-dealkylation sites (N-methyl/N-ethyl adjacent to an activating group) is 1. The quantitative estimate of drug-likeness (QED) is 0.846. The first kappa shape index (κ1) is 13.2. The van der Waals surface area contributed by atoms with Crippen LogP contribution < -0.4 is 5.56 Å². The van der Waals surface area contributed by atoms with Crippen LogP contribution in [0.1, 0.15) is 12.8 Å². The van der Waals surface area contributed by atoms with Crippen molar-refractivity contribution in [3.05, 3.63) is 35.0 Å². The summed E-state index contributed by atoms with van der Waals surface area (Å²) in [6.45, 7) is 0.812. The van der Waals surface area contributed by atoms with Crippen molar-refractivity contribution < 1.29 is 5.11 Å². The molecule has 0 saturated heterocycles. The molecule has 1 saturated carbocycles. The van der Waals surface area contributed by atoms with Gasteiger partial charge in [-0.25, -0.2) is 9.97 Å². The molecule has 0 amide bonds. The Morgan fingerprint density at radius 3 is 3.05 bits per heavy atom. The van der Waals surface area contributed by atoms with Crippen LogP contribution in [0, 0.1) is 0 Å². The Balaban J connectivity index is 1.76. The zero-order valence-corrected chi connectivity index (χ0v) is 11.4. The van der Waals surface area contributed by atoms with Crippen LogP contribution in [0.4, 0.5) is 0 Å². The molecule has 1 atom stereocenters. The smallest absolute Gasteiger partial charge is 0.279 e. The summed E-state index contributed by atoms with van der Waals surface area (Å²) in [7, 11) is 2.00. The van der Waals surface area contributed by atoms with E-state index in [0.717, 1.165) is 0 Å². The molecular weight excluding hydrogens is 256 g/mol. The minimum atomic E-state index is -0.582. The summed E-state index contributed by atoms with van der Waals surface area (Å²) in [4.78, 5) is 22.6. The highest BCUT2D eigenvalue weighted by Gasteiger charge is 2.27. The lowest BCUT2D eigenvalue weighted by Gasteiger charge is -2.20. The number of nitrogens with zero attached hydrogens (tertiary/aromatic N) is 4. The van der Waals surface area contributed by atoms with E-state index >= 15 is 0 Å². The van der Waals surface area contributed by atoms with Crippen molar-refractivity contribution in [3.63, 3.8) is 0 Å². The zero-order chi connectivity index (χ0) is 14.1. The average molecular weight is 274 g/mol. The fraction of sp³-hybridized carbons (Fsp3) is 0.500. The van der Waals surface area contributed by atoms with Crippen LogP contribution in [-0.2, 0) is 6.54 Å². The second-order valence-corrected chi connectivity index (χ2v) is 5.40. The Morgan fingerprint density at radius 1 is 1.50 bits per heavy atom. The van der Waals surface area contributed by atoms with Crippen molar-refractivity contribution in [3.8, 4) is 0 Å². The number of aromatic nitrogens is 3. The van der Waals surface area contributed by atoms with Crippen LogP contribution in [0.5, 0.6) is 0 Å². The molecule has 0 bridgehead atoms. The highest BCUT2D eigenvalue weighted by molar-refractivity contribution is 5.71. The van der Waals surface area contributed by atoms with Gasteiger partial charge in [0.2, 0.25) is 0 Å². The van der Waals surface area contributed by atoms with E-state index in [4.69, 9.17) is 0 Å². The molecule has 0 spiro atoms. The second kappa shape index (κ2) is 5.30. The average Bonchev–Trinajstić information content (AvgIpc) is 3.27. The molecule has 1 fully saturated rings. The van der Waals surface area contributed by atoms with Gasteiger partial charge in [0, 0.05) is 18.8 Å². The molecule has 2 aromatic rings. The monoisotopic (exact) mass is 274 g/mol. The predicted octanol–water partition coefficient (Wildman–Crippen LogP) is 0.247. The number of fused-ring (bicyclic) bond motifs is 1. The van der Waals surface area contributed by atoms with E-state index in [1.54, 1.807) is 18.3 Å². The molecule has 2 heterocycles. The predicted molar refractivity (Wildman–Crippen MR) is 75.5 cm³/mol. The van der Waals surface area contributed by atoms with Gasteiger partial charge in [-0.1, -0.05) is 0 Å². The molecule has 3 rings (SSSR count). The highest BCUT2D eigenvalue weighted by Crippen LogP contribution is 2.25. The van der Waals surface area contributed by atoms with E-state index in [1.807, 2.05) is 7.05 Å². The standard InChI is InChI=1S/C14H18N4O2/c1-17(10-4-5-10)7-11(19)8-18-9-16-12-3-2-6-15-13(12)14(18)20/h2-3,6,9-11,19H,4-5,7-8H2,1H3. The summed E-state index contributed by atoms with van der Waals surface area (Å²) < 4.78 is 1.43. The maximum Gasteiger partial charge on any atom is 0.279 e. The van der Waals surface area contributed by atoms with Gasteiger partial charge in [-0.2, -0.15) is 0 Å². The van der Waals surface area contributed by atoms with Crippen molar-refractivity contribution in [1.29, 1.82) is 0 Å². The molecular formula is C14H18N4O2. The van der Waals surface area contributed by atoms with Crippen LogP contribution >= 0.6 is 0 Å². The topological polar surface area (TPSA) is 71.2 Å². The summed E-state index contributed by atoms with van der Waals surface area (Å²) in [6, 6.07) is 4.10. The minimum absolute atomic E-state index is 0.205. The lowest BCUT2D eigenvalue weighted by Crippen LogP contribution is -2.36. The van der Waals surface area contributed by atoms with Crippen LogP contribution in [0.3, 0.4) is 0 Å². The molecule has 2 aromatic heterocycles. The Kier molecular flexibility index (Phi) is 3.50. The van der Waals surface area contributed by atoms with Crippen LogP contribution in [0.25, 0.3) is 11.0 Å². The third kappa shape index (κ3) is 2.71.